The molecule has 1 aliphatic rings. The van der Waals surface area contributed by atoms with E-state index in [2.05, 4.69) is 56.2 Å². The van der Waals surface area contributed by atoms with Gasteiger partial charge in [0.2, 0.25) is 5.78 Å². The first kappa shape index (κ1) is 21.6. The lowest BCUT2D eigenvalue weighted by Crippen LogP contribution is -2.44. The molecule has 0 aliphatic carbocycles. The van der Waals surface area contributed by atoms with Crippen molar-refractivity contribution in [3.8, 4) is 11.4 Å². The maximum absolute atomic E-state index is 13.1. The molecule has 10 heteroatoms. The first-order valence-corrected chi connectivity index (χ1v) is 12.1. The Bertz CT molecular complexity index is 1550. The molecule has 5 heterocycles. The van der Waals surface area contributed by atoms with Gasteiger partial charge >= 0.3 is 0 Å². The van der Waals surface area contributed by atoms with Gasteiger partial charge in [-0.3, -0.25) is 18.4 Å². The van der Waals surface area contributed by atoms with E-state index in [0.717, 1.165) is 38.2 Å². The van der Waals surface area contributed by atoms with Crippen LogP contribution in [0.25, 0.3) is 28.3 Å². The van der Waals surface area contributed by atoms with Crippen molar-refractivity contribution in [2.24, 2.45) is 0 Å². The molecule has 0 atom stereocenters. The average Bonchev–Trinajstić information content (AvgIpc) is 3.61. The monoisotopic (exact) mass is 471 g/mol. The van der Waals surface area contributed by atoms with Gasteiger partial charge in [0.1, 0.15) is 5.82 Å². The third-order valence-electron chi connectivity index (χ3n) is 6.71. The Labute approximate surface area is 202 Å². The number of likely N-dealkylation sites (N-methyl/N-ethyl adjacent to an activating group) is 1. The first-order chi connectivity index (χ1) is 17.1. The Hall–Kier alpha value is -3.92. The summed E-state index contributed by atoms with van der Waals surface area (Å²) in [5.74, 6) is 1.23. The number of aryl methyl sites for hydroxylation is 1. The summed E-state index contributed by atoms with van der Waals surface area (Å²) in [6, 6.07) is 8.68. The van der Waals surface area contributed by atoms with Crippen molar-refractivity contribution in [2.75, 3.05) is 38.1 Å². The van der Waals surface area contributed by atoms with Crippen LogP contribution in [0.3, 0.4) is 0 Å². The third kappa shape index (κ3) is 3.89. The summed E-state index contributed by atoms with van der Waals surface area (Å²) < 4.78 is 5.47. The molecule has 5 aromatic rings. The number of fused-ring (bicyclic) bond motifs is 3. The lowest BCUT2D eigenvalue weighted by Gasteiger charge is -2.34. The Balaban J connectivity index is 1.28. The number of imidazole rings is 2. The van der Waals surface area contributed by atoms with Gasteiger partial charge in [-0.25, -0.2) is 9.97 Å². The fourth-order valence-electron chi connectivity index (χ4n) is 4.81. The van der Waals surface area contributed by atoms with E-state index in [9.17, 15) is 4.79 Å². The number of rotatable bonds is 6. The molecule has 6 rings (SSSR count). The Morgan fingerprint density at radius 2 is 2.00 bits per heavy atom. The van der Waals surface area contributed by atoms with Crippen molar-refractivity contribution < 1.29 is 0 Å². The van der Waals surface area contributed by atoms with Gasteiger partial charge in [0.25, 0.3) is 5.56 Å². The number of benzene rings is 1. The van der Waals surface area contributed by atoms with Crippen molar-refractivity contribution in [1.29, 1.82) is 0 Å². The van der Waals surface area contributed by atoms with Gasteiger partial charge in [0, 0.05) is 57.0 Å². The Morgan fingerprint density at radius 3 is 2.83 bits per heavy atom. The molecule has 1 aliphatic heterocycles. The fourth-order valence-corrected chi connectivity index (χ4v) is 4.81. The van der Waals surface area contributed by atoms with Crippen LogP contribution in [-0.4, -0.2) is 71.8 Å². The quantitative estimate of drug-likeness (QED) is 0.409. The third-order valence-corrected chi connectivity index (χ3v) is 6.71. The van der Waals surface area contributed by atoms with Crippen LogP contribution in [-0.2, 0) is 13.1 Å². The van der Waals surface area contributed by atoms with Crippen molar-refractivity contribution >= 4 is 22.6 Å². The highest BCUT2D eigenvalue weighted by Crippen LogP contribution is 2.21. The molecule has 180 valence electrons. The van der Waals surface area contributed by atoms with Crippen LogP contribution in [0.15, 0.2) is 53.8 Å². The summed E-state index contributed by atoms with van der Waals surface area (Å²) >= 11 is 0. The fraction of sp³-hybridized carbons (Fsp3) is 0.360. The first-order valence-electron chi connectivity index (χ1n) is 12.1. The highest BCUT2D eigenvalue weighted by Gasteiger charge is 2.18. The van der Waals surface area contributed by atoms with Gasteiger partial charge in [-0.1, -0.05) is 19.1 Å². The van der Waals surface area contributed by atoms with E-state index in [1.165, 1.54) is 11.3 Å². The number of hydrogen-bond donors (Lipinski definition) is 1. The minimum atomic E-state index is -0.104. The average molecular weight is 472 g/mol. The zero-order chi connectivity index (χ0) is 23.9. The van der Waals surface area contributed by atoms with Crippen molar-refractivity contribution in [3.63, 3.8) is 0 Å². The van der Waals surface area contributed by atoms with E-state index >= 15 is 0 Å². The molecule has 1 N–H and O–H groups in total. The molecular weight excluding hydrogens is 442 g/mol. The van der Waals surface area contributed by atoms with E-state index in [-0.39, 0.29) is 5.56 Å². The van der Waals surface area contributed by atoms with Crippen LogP contribution in [0.4, 0.5) is 5.69 Å². The lowest BCUT2D eigenvalue weighted by molar-refractivity contribution is 0.313. The van der Waals surface area contributed by atoms with Crippen LogP contribution in [0.2, 0.25) is 0 Å². The molecule has 0 spiro atoms. The topological polar surface area (TPSA) is 92.3 Å². The van der Waals surface area contributed by atoms with Crippen LogP contribution >= 0.6 is 0 Å². The van der Waals surface area contributed by atoms with E-state index in [0.29, 0.717) is 35.9 Å². The van der Waals surface area contributed by atoms with Crippen molar-refractivity contribution in [3.05, 3.63) is 65.0 Å². The number of nitrogens with one attached hydrogen (secondary N) is 1. The summed E-state index contributed by atoms with van der Waals surface area (Å²) in [5, 5.41) is 4.57. The number of hydrogen-bond acceptors (Lipinski definition) is 6. The van der Waals surface area contributed by atoms with E-state index in [1.807, 2.05) is 28.4 Å². The standard InChI is InChI=1S/C25H29N9O/c1-3-8-34-24(35)21-23(33-9-7-26-25(33)34)29-22(28-21)19-15-27-32(17-19)16-18-5-4-6-20(14-18)31-12-10-30(2)11-13-31/h4-7,9,14-15,17H,3,8,10-13,16H2,1-2H3,(H,28,29). The summed E-state index contributed by atoms with van der Waals surface area (Å²) in [6.45, 7) is 7.57. The lowest BCUT2D eigenvalue weighted by atomic mass is 10.1. The molecule has 0 amide bonds. The second kappa shape index (κ2) is 8.70. The normalized spacial score (nSPS) is 15.0. The highest BCUT2D eigenvalue weighted by molar-refractivity contribution is 5.77. The maximum Gasteiger partial charge on any atom is 0.280 e. The van der Waals surface area contributed by atoms with Gasteiger partial charge in [-0.15, -0.1) is 0 Å². The SMILES string of the molecule is CCCn1c(=O)c2[nH]c(-c3cnn(Cc4cccc(N5CCN(C)CC5)c4)c3)nc2n2ccnc12. The largest absolute Gasteiger partial charge is 0.369 e. The van der Waals surface area contributed by atoms with Crippen LogP contribution in [0.5, 0.6) is 0 Å². The zero-order valence-corrected chi connectivity index (χ0v) is 20.1. The van der Waals surface area contributed by atoms with Gasteiger partial charge in [-0.05, 0) is 31.2 Å². The van der Waals surface area contributed by atoms with Gasteiger partial charge in [-0.2, -0.15) is 5.10 Å². The molecule has 1 fully saturated rings. The minimum absolute atomic E-state index is 0.104. The number of aromatic nitrogens is 7. The molecule has 0 bridgehead atoms. The summed E-state index contributed by atoms with van der Waals surface area (Å²) in [6.07, 6.45) is 8.14. The second-order valence-electron chi connectivity index (χ2n) is 9.22. The number of aromatic amines is 1. The zero-order valence-electron chi connectivity index (χ0n) is 20.1. The molecule has 1 aromatic carbocycles. The van der Waals surface area contributed by atoms with Crippen LogP contribution in [0.1, 0.15) is 18.9 Å². The van der Waals surface area contributed by atoms with E-state index < -0.39 is 0 Å². The Morgan fingerprint density at radius 1 is 1.14 bits per heavy atom. The molecule has 10 nitrogen and oxygen atoms in total. The van der Waals surface area contributed by atoms with Crippen molar-refractivity contribution in [1.82, 2.24) is 38.6 Å². The highest BCUT2D eigenvalue weighted by atomic mass is 16.1. The summed E-state index contributed by atoms with van der Waals surface area (Å²) in [4.78, 5) is 30.3. The van der Waals surface area contributed by atoms with Gasteiger partial charge in [0.15, 0.2) is 11.2 Å². The predicted octanol–water partition coefficient (Wildman–Crippen LogP) is 2.45. The number of anilines is 1. The molecule has 4 aromatic heterocycles. The number of H-pyrrole nitrogens is 1. The number of nitrogens with zero attached hydrogens (tertiary/aromatic N) is 8. The minimum Gasteiger partial charge on any atom is -0.369 e. The molecule has 35 heavy (non-hydrogen) atoms. The van der Waals surface area contributed by atoms with Crippen molar-refractivity contribution in [2.45, 2.75) is 26.4 Å². The molecule has 0 saturated carbocycles. The smallest absolute Gasteiger partial charge is 0.280 e. The van der Waals surface area contributed by atoms with E-state index in [1.54, 1.807) is 17.0 Å². The number of piperazine rings is 1. The van der Waals surface area contributed by atoms with Gasteiger partial charge < -0.3 is 14.8 Å². The summed E-state index contributed by atoms with van der Waals surface area (Å²) in [5.41, 5.74) is 4.25. The molecule has 1 saturated heterocycles. The predicted molar refractivity (Wildman–Crippen MR) is 136 cm³/mol. The maximum atomic E-state index is 13.1. The molecular formula is C25H29N9O. The molecule has 0 unspecified atom stereocenters. The molecule has 0 radical (unpaired) electrons. The van der Waals surface area contributed by atoms with E-state index in [4.69, 9.17) is 4.98 Å². The Kier molecular flexibility index (Phi) is 5.37. The van der Waals surface area contributed by atoms with Crippen LogP contribution < -0.4 is 10.5 Å². The van der Waals surface area contributed by atoms with Crippen LogP contribution in [0, 0.1) is 0 Å². The van der Waals surface area contributed by atoms with Gasteiger partial charge in [0.05, 0.1) is 18.3 Å². The second-order valence-corrected chi connectivity index (χ2v) is 9.22. The summed E-state index contributed by atoms with van der Waals surface area (Å²) in [7, 11) is 2.17.